The molecule has 164 valence electrons. The molecule has 5 rings (SSSR count). The summed E-state index contributed by atoms with van der Waals surface area (Å²) in [7, 11) is 0. The molecule has 0 aliphatic carbocycles. The molecular formula is C24H23BrN4O3. The number of furan rings is 1. The van der Waals surface area contributed by atoms with Gasteiger partial charge in [-0.15, -0.1) is 0 Å². The lowest BCUT2D eigenvalue weighted by atomic mass is 9.90. The van der Waals surface area contributed by atoms with Crippen LogP contribution in [0.5, 0.6) is 0 Å². The van der Waals surface area contributed by atoms with Crippen molar-refractivity contribution in [1.29, 1.82) is 0 Å². The lowest BCUT2D eigenvalue weighted by Gasteiger charge is -2.42. The molecule has 0 radical (unpaired) electrons. The lowest BCUT2D eigenvalue weighted by molar-refractivity contribution is -0.402. The number of nitrogens with zero attached hydrogens (tertiary/aromatic N) is 3. The van der Waals surface area contributed by atoms with E-state index in [0.717, 1.165) is 11.3 Å². The van der Waals surface area contributed by atoms with Gasteiger partial charge in [-0.2, -0.15) is 5.10 Å². The smallest absolute Gasteiger partial charge is 0.404 e. The van der Waals surface area contributed by atoms with E-state index in [1.165, 1.54) is 22.8 Å². The van der Waals surface area contributed by atoms with E-state index in [1.54, 1.807) is 6.07 Å². The summed E-state index contributed by atoms with van der Waals surface area (Å²) < 4.78 is 5.58. The molecule has 1 N–H and O–H groups in total. The fourth-order valence-corrected chi connectivity index (χ4v) is 5.43. The standard InChI is InChI=1S/C24H23BrN4O3/c1-14-8-9-17(15(2)12-14)19-13-18(20-10-11-21(32-20)29(30)31)26-24-22(25)23(27-28(19)24)16-6-4-3-5-7-16/h3-12,18-19,22,24,26H,13H2,1-2H3. The number of benzene rings is 2. The summed E-state index contributed by atoms with van der Waals surface area (Å²) in [5.74, 6) is 0.328. The van der Waals surface area contributed by atoms with Gasteiger partial charge >= 0.3 is 5.88 Å². The maximum absolute atomic E-state index is 11.2. The summed E-state index contributed by atoms with van der Waals surface area (Å²) in [4.78, 5) is 10.6. The first kappa shape index (κ1) is 20.9. The van der Waals surface area contributed by atoms with Gasteiger partial charge in [-0.1, -0.05) is 70.0 Å². The molecule has 32 heavy (non-hydrogen) atoms. The topological polar surface area (TPSA) is 83.9 Å². The van der Waals surface area contributed by atoms with E-state index in [2.05, 4.69) is 70.4 Å². The van der Waals surface area contributed by atoms with Crippen molar-refractivity contribution in [2.45, 2.75) is 43.3 Å². The first-order valence-electron chi connectivity index (χ1n) is 10.6. The van der Waals surface area contributed by atoms with Gasteiger partial charge in [0.15, 0.2) is 0 Å². The van der Waals surface area contributed by atoms with Gasteiger partial charge in [0.05, 0.1) is 28.7 Å². The average molecular weight is 495 g/mol. The predicted molar refractivity (Wildman–Crippen MR) is 126 cm³/mol. The molecule has 2 aliphatic heterocycles. The molecular weight excluding hydrogens is 472 g/mol. The Bertz CT molecular complexity index is 1190. The number of hydrazone groups is 1. The zero-order chi connectivity index (χ0) is 22.4. The molecule has 8 heteroatoms. The van der Waals surface area contributed by atoms with Crippen molar-refractivity contribution in [2.24, 2.45) is 5.10 Å². The van der Waals surface area contributed by atoms with Gasteiger partial charge in [0.25, 0.3) is 0 Å². The Morgan fingerprint density at radius 3 is 2.62 bits per heavy atom. The van der Waals surface area contributed by atoms with E-state index in [0.29, 0.717) is 12.2 Å². The van der Waals surface area contributed by atoms with Crippen LogP contribution in [-0.2, 0) is 0 Å². The number of alkyl halides is 1. The minimum atomic E-state index is -0.500. The van der Waals surface area contributed by atoms with Gasteiger partial charge in [0.2, 0.25) is 0 Å². The van der Waals surface area contributed by atoms with Crippen molar-refractivity contribution in [2.75, 3.05) is 0 Å². The first-order valence-corrected chi connectivity index (χ1v) is 11.5. The van der Waals surface area contributed by atoms with Crippen LogP contribution in [0.2, 0.25) is 0 Å². The number of nitrogens with one attached hydrogen (secondary N) is 1. The average Bonchev–Trinajstić information content (AvgIpc) is 3.40. The van der Waals surface area contributed by atoms with Crippen LogP contribution in [0.3, 0.4) is 0 Å². The number of rotatable bonds is 4. The van der Waals surface area contributed by atoms with E-state index < -0.39 is 4.92 Å². The first-order chi connectivity index (χ1) is 15.4. The Kier molecular flexibility index (Phi) is 5.35. The Labute approximate surface area is 194 Å². The second-order valence-electron chi connectivity index (χ2n) is 8.34. The molecule has 1 aromatic heterocycles. The quantitative estimate of drug-likeness (QED) is 0.298. The summed E-state index contributed by atoms with van der Waals surface area (Å²) in [5.41, 5.74) is 5.64. The van der Waals surface area contributed by atoms with E-state index in [9.17, 15) is 10.1 Å². The Balaban J connectivity index is 1.56. The minimum Gasteiger partial charge on any atom is -0.404 e. The van der Waals surface area contributed by atoms with Gasteiger partial charge < -0.3 is 4.42 Å². The zero-order valence-electron chi connectivity index (χ0n) is 17.7. The second-order valence-corrected chi connectivity index (χ2v) is 9.33. The molecule has 2 aliphatic rings. The van der Waals surface area contributed by atoms with Gasteiger partial charge in [-0.25, -0.2) is 0 Å². The number of nitro groups is 1. The van der Waals surface area contributed by atoms with Crippen LogP contribution in [0.15, 0.2) is 70.2 Å². The molecule has 4 atom stereocenters. The van der Waals surface area contributed by atoms with Crippen LogP contribution in [0.4, 0.5) is 5.88 Å². The van der Waals surface area contributed by atoms with Gasteiger partial charge in [0.1, 0.15) is 16.8 Å². The molecule has 4 unspecified atom stereocenters. The third-order valence-electron chi connectivity index (χ3n) is 6.19. The highest BCUT2D eigenvalue weighted by Crippen LogP contribution is 2.44. The molecule has 7 nitrogen and oxygen atoms in total. The molecule has 3 heterocycles. The normalized spacial score (nSPS) is 24.8. The van der Waals surface area contributed by atoms with Crippen molar-refractivity contribution in [3.63, 3.8) is 0 Å². The molecule has 3 aromatic rings. The van der Waals surface area contributed by atoms with E-state index in [1.807, 2.05) is 18.2 Å². The van der Waals surface area contributed by atoms with Crippen molar-refractivity contribution in [3.8, 4) is 0 Å². The molecule has 0 saturated carbocycles. The fourth-order valence-electron chi connectivity index (χ4n) is 4.68. The summed E-state index contributed by atoms with van der Waals surface area (Å²) in [6.45, 7) is 4.21. The third kappa shape index (κ3) is 3.63. The van der Waals surface area contributed by atoms with Crippen molar-refractivity contribution >= 4 is 27.5 Å². The maximum Gasteiger partial charge on any atom is 0.433 e. The lowest BCUT2D eigenvalue weighted by Crippen LogP contribution is -2.53. The van der Waals surface area contributed by atoms with Gasteiger partial charge in [0, 0.05) is 0 Å². The van der Waals surface area contributed by atoms with Crippen molar-refractivity contribution < 1.29 is 9.34 Å². The van der Waals surface area contributed by atoms with Crippen molar-refractivity contribution in [1.82, 2.24) is 10.3 Å². The summed E-state index contributed by atoms with van der Waals surface area (Å²) in [6.07, 6.45) is 0.551. The van der Waals surface area contributed by atoms with Gasteiger partial charge in [-0.3, -0.25) is 20.4 Å². The van der Waals surface area contributed by atoms with E-state index in [-0.39, 0.29) is 29.0 Å². The number of hydrogen-bond acceptors (Lipinski definition) is 6. The molecule has 1 saturated heterocycles. The van der Waals surface area contributed by atoms with Crippen LogP contribution in [0.25, 0.3) is 0 Å². The third-order valence-corrected chi connectivity index (χ3v) is 7.12. The summed E-state index contributed by atoms with van der Waals surface area (Å²) >= 11 is 3.87. The van der Waals surface area contributed by atoms with Crippen LogP contribution in [-0.4, -0.2) is 26.6 Å². The maximum atomic E-state index is 11.2. The van der Waals surface area contributed by atoms with Crippen LogP contribution in [0, 0.1) is 24.0 Å². The minimum absolute atomic E-state index is 0.00253. The number of aryl methyl sites for hydroxylation is 2. The van der Waals surface area contributed by atoms with E-state index in [4.69, 9.17) is 9.52 Å². The fraction of sp³-hybridized carbons (Fsp3) is 0.292. The number of fused-ring (bicyclic) bond motifs is 1. The van der Waals surface area contributed by atoms with Crippen molar-refractivity contribution in [3.05, 3.63) is 98.8 Å². The number of halogens is 1. The predicted octanol–water partition coefficient (Wildman–Crippen LogP) is 5.39. The van der Waals surface area contributed by atoms with Crippen LogP contribution < -0.4 is 5.32 Å². The summed E-state index contributed by atoms with van der Waals surface area (Å²) in [5, 5.41) is 21.9. The second kappa shape index (κ2) is 8.18. The SMILES string of the molecule is Cc1ccc(C2CC(c3ccc([N+](=O)[O-])o3)NC3C(Br)C(c4ccccc4)=NN23)c(C)c1. The highest BCUT2D eigenvalue weighted by Gasteiger charge is 2.46. The highest BCUT2D eigenvalue weighted by molar-refractivity contribution is 9.10. The molecule has 0 spiro atoms. The molecule has 0 bridgehead atoms. The molecule has 0 amide bonds. The van der Waals surface area contributed by atoms with Crippen LogP contribution in [0.1, 0.15) is 46.5 Å². The summed E-state index contributed by atoms with van der Waals surface area (Å²) in [6, 6.07) is 19.5. The monoisotopic (exact) mass is 494 g/mol. The Morgan fingerprint density at radius 1 is 1.16 bits per heavy atom. The van der Waals surface area contributed by atoms with Gasteiger partial charge in [-0.05, 0) is 43.0 Å². The molecule has 2 aromatic carbocycles. The van der Waals surface area contributed by atoms with Crippen LogP contribution >= 0.6 is 15.9 Å². The largest absolute Gasteiger partial charge is 0.433 e. The number of hydrogen-bond donors (Lipinski definition) is 1. The zero-order valence-corrected chi connectivity index (χ0v) is 19.3. The van der Waals surface area contributed by atoms with E-state index >= 15 is 0 Å². The Hall–Kier alpha value is -2.97. The highest BCUT2D eigenvalue weighted by atomic mass is 79.9. The molecule has 1 fully saturated rings. The Morgan fingerprint density at radius 2 is 1.94 bits per heavy atom.